The SMILES string of the molecule is C=CC1=C(N=C)N(C)C=CC1=C. The molecule has 0 aromatic rings. The van der Waals surface area contributed by atoms with Crippen LogP contribution in [0.2, 0.25) is 0 Å². The van der Waals surface area contributed by atoms with Gasteiger partial charge in [-0.2, -0.15) is 0 Å². The standard InChI is InChI=1S/C10H12N2/c1-5-9-8(2)6-7-12(4)10(9)11-3/h5-7H,1-3H2,4H3. The molecule has 2 heteroatoms. The van der Waals surface area contributed by atoms with Crippen LogP contribution in [0.25, 0.3) is 0 Å². The van der Waals surface area contributed by atoms with Crippen LogP contribution in [0.3, 0.4) is 0 Å². The summed E-state index contributed by atoms with van der Waals surface area (Å²) in [6.07, 6.45) is 5.57. The van der Waals surface area contributed by atoms with Gasteiger partial charge < -0.3 is 4.90 Å². The van der Waals surface area contributed by atoms with E-state index in [0.717, 1.165) is 17.0 Å². The van der Waals surface area contributed by atoms with Gasteiger partial charge in [0.1, 0.15) is 5.82 Å². The third-order valence-electron chi connectivity index (χ3n) is 1.77. The molecule has 12 heavy (non-hydrogen) atoms. The second-order valence-electron chi connectivity index (χ2n) is 2.55. The van der Waals surface area contributed by atoms with Gasteiger partial charge in [0.05, 0.1) is 0 Å². The van der Waals surface area contributed by atoms with Crippen LogP contribution in [0.5, 0.6) is 0 Å². The van der Waals surface area contributed by atoms with Gasteiger partial charge in [-0.3, -0.25) is 0 Å². The second kappa shape index (κ2) is 3.22. The molecule has 0 unspecified atom stereocenters. The quantitative estimate of drug-likeness (QED) is 0.565. The van der Waals surface area contributed by atoms with Crippen LogP contribution in [0, 0.1) is 0 Å². The first-order valence-electron chi connectivity index (χ1n) is 3.64. The van der Waals surface area contributed by atoms with E-state index in [-0.39, 0.29) is 0 Å². The number of allylic oxidation sites excluding steroid dienone is 4. The third kappa shape index (κ3) is 1.23. The first kappa shape index (κ1) is 8.53. The number of nitrogens with zero attached hydrogens (tertiary/aromatic N) is 2. The van der Waals surface area contributed by atoms with Crippen LogP contribution in [0.4, 0.5) is 0 Å². The van der Waals surface area contributed by atoms with E-state index >= 15 is 0 Å². The van der Waals surface area contributed by atoms with Gasteiger partial charge in [0.2, 0.25) is 0 Å². The van der Waals surface area contributed by atoms with Crippen LogP contribution < -0.4 is 0 Å². The van der Waals surface area contributed by atoms with Crippen LogP contribution in [-0.4, -0.2) is 18.7 Å². The molecule has 2 nitrogen and oxygen atoms in total. The normalized spacial score (nSPS) is 16.8. The number of aliphatic imine (C=N–C) groups is 1. The van der Waals surface area contributed by atoms with Crippen molar-refractivity contribution in [3.8, 4) is 0 Å². The maximum absolute atomic E-state index is 3.90. The summed E-state index contributed by atoms with van der Waals surface area (Å²) in [5.41, 5.74) is 1.86. The molecule has 0 bridgehead atoms. The second-order valence-corrected chi connectivity index (χ2v) is 2.55. The van der Waals surface area contributed by atoms with Crippen molar-refractivity contribution in [3.05, 3.63) is 48.5 Å². The molecule has 1 aliphatic rings. The van der Waals surface area contributed by atoms with E-state index in [0.29, 0.717) is 0 Å². The Labute approximate surface area is 72.9 Å². The van der Waals surface area contributed by atoms with Gasteiger partial charge in [0.25, 0.3) is 0 Å². The zero-order valence-corrected chi connectivity index (χ0v) is 7.25. The van der Waals surface area contributed by atoms with E-state index in [4.69, 9.17) is 0 Å². The van der Waals surface area contributed by atoms with Crippen molar-refractivity contribution >= 4 is 6.72 Å². The summed E-state index contributed by atoms with van der Waals surface area (Å²) in [6, 6.07) is 0. The predicted molar refractivity (Wildman–Crippen MR) is 52.8 cm³/mol. The summed E-state index contributed by atoms with van der Waals surface area (Å²) in [5, 5.41) is 0. The molecule has 0 atom stereocenters. The topological polar surface area (TPSA) is 15.6 Å². The first-order valence-corrected chi connectivity index (χ1v) is 3.64. The average molecular weight is 160 g/mol. The Morgan fingerprint density at radius 1 is 1.58 bits per heavy atom. The largest absolute Gasteiger partial charge is 0.336 e. The van der Waals surface area contributed by atoms with Crippen molar-refractivity contribution in [3.63, 3.8) is 0 Å². The van der Waals surface area contributed by atoms with E-state index in [1.54, 1.807) is 6.08 Å². The Balaban J connectivity index is 3.19. The molecule has 0 N–H and O–H groups in total. The lowest BCUT2D eigenvalue weighted by molar-refractivity contribution is 0.552. The van der Waals surface area contributed by atoms with E-state index in [1.807, 2.05) is 24.2 Å². The molecule has 1 heterocycles. The Bertz CT molecular complexity index is 295. The van der Waals surface area contributed by atoms with Gasteiger partial charge in [0, 0.05) is 18.8 Å². The summed E-state index contributed by atoms with van der Waals surface area (Å²) in [5.74, 6) is 0.803. The molecule has 0 spiro atoms. The number of hydrogen-bond acceptors (Lipinski definition) is 2. The fraction of sp³-hybridized carbons (Fsp3) is 0.100. The van der Waals surface area contributed by atoms with Gasteiger partial charge in [0.15, 0.2) is 0 Å². The van der Waals surface area contributed by atoms with Crippen LogP contribution in [0.1, 0.15) is 0 Å². The highest BCUT2D eigenvalue weighted by molar-refractivity contribution is 5.50. The molecular formula is C10H12N2. The van der Waals surface area contributed by atoms with Gasteiger partial charge in [-0.05, 0) is 18.4 Å². The molecule has 0 aromatic heterocycles. The van der Waals surface area contributed by atoms with Gasteiger partial charge in [-0.25, -0.2) is 4.99 Å². The van der Waals surface area contributed by atoms with Crippen molar-refractivity contribution in [1.29, 1.82) is 0 Å². The van der Waals surface area contributed by atoms with Crippen LogP contribution in [-0.2, 0) is 0 Å². The average Bonchev–Trinajstić information content (AvgIpc) is 2.08. The van der Waals surface area contributed by atoms with E-state index < -0.39 is 0 Å². The Kier molecular flexibility index (Phi) is 2.29. The summed E-state index contributed by atoms with van der Waals surface area (Å²) in [4.78, 5) is 5.79. The molecule has 0 aliphatic carbocycles. The molecule has 0 saturated heterocycles. The lowest BCUT2D eigenvalue weighted by Gasteiger charge is -2.21. The summed E-state index contributed by atoms with van der Waals surface area (Å²) >= 11 is 0. The zero-order chi connectivity index (χ0) is 9.14. The molecule has 1 rings (SSSR count). The maximum atomic E-state index is 3.90. The number of rotatable bonds is 2. The molecule has 62 valence electrons. The molecule has 0 fully saturated rings. The highest BCUT2D eigenvalue weighted by atomic mass is 15.2. The minimum Gasteiger partial charge on any atom is -0.336 e. The van der Waals surface area contributed by atoms with Crippen molar-refractivity contribution in [2.45, 2.75) is 0 Å². The Morgan fingerprint density at radius 2 is 2.25 bits per heavy atom. The molecular weight excluding hydrogens is 148 g/mol. The minimum absolute atomic E-state index is 0.803. The molecule has 0 saturated carbocycles. The van der Waals surface area contributed by atoms with Crippen molar-refractivity contribution in [2.75, 3.05) is 7.05 Å². The molecule has 0 aromatic carbocycles. The lowest BCUT2D eigenvalue weighted by atomic mass is 10.1. The monoisotopic (exact) mass is 160 g/mol. The smallest absolute Gasteiger partial charge is 0.139 e. The molecule has 0 amide bonds. The van der Waals surface area contributed by atoms with Gasteiger partial charge >= 0.3 is 0 Å². The molecule has 1 aliphatic heterocycles. The van der Waals surface area contributed by atoms with Crippen LogP contribution in [0.15, 0.2) is 53.5 Å². The highest BCUT2D eigenvalue weighted by Gasteiger charge is 2.11. The van der Waals surface area contributed by atoms with Crippen molar-refractivity contribution < 1.29 is 0 Å². The van der Waals surface area contributed by atoms with Crippen LogP contribution >= 0.6 is 0 Å². The fourth-order valence-corrected chi connectivity index (χ4v) is 1.11. The number of hydrogen-bond donors (Lipinski definition) is 0. The Morgan fingerprint density at radius 3 is 2.67 bits per heavy atom. The highest BCUT2D eigenvalue weighted by Crippen LogP contribution is 2.23. The van der Waals surface area contributed by atoms with E-state index in [9.17, 15) is 0 Å². The van der Waals surface area contributed by atoms with Gasteiger partial charge in [-0.1, -0.05) is 19.2 Å². The Hall–Kier alpha value is -1.57. The predicted octanol–water partition coefficient (Wildman–Crippen LogP) is 2.10. The van der Waals surface area contributed by atoms with Crippen molar-refractivity contribution in [1.82, 2.24) is 4.90 Å². The summed E-state index contributed by atoms with van der Waals surface area (Å²) < 4.78 is 0. The van der Waals surface area contributed by atoms with E-state index in [1.165, 1.54) is 0 Å². The van der Waals surface area contributed by atoms with Gasteiger partial charge in [-0.15, -0.1) is 0 Å². The minimum atomic E-state index is 0.803. The summed E-state index contributed by atoms with van der Waals surface area (Å²) in [6.45, 7) is 11.1. The maximum Gasteiger partial charge on any atom is 0.139 e. The zero-order valence-electron chi connectivity index (χ0n) is 7.25. The summed E-state index contributed by atoms with van der Waals surface area (Å²) in [7, 11) is 1.91. The molecule has 0 radical (unpaired) electrons. The van der Waals surface area contributed by atoms with E-state index in [2.05, 4.69) is 24.9 Å². The fourth-order valence-electron chi connectivity index (χ4n) is 1.11. The van der Waals surface area contributed by atoms with Crippen molar-refractivity contribution in [2.24, 2.45) is 4.99 Å². The third-order valence-corrected chi connectivity index (χ3v) is 1.77. The lowest BCUT2D eigenvalue weighted by Crippen LogP contribution is -2.14. The first-order chi connectivity index (χ1) is 5.70.